The summed E-state index contributed by atoms with van der Waals surface area (Å²) in [5.41, 5.74) is 9.92. The first-order valence-electron chi connectivity index (χ1n) is 8.79. The lowest BCUT2D eigenvalue weighted by molar-refractivity contribution is 0.0941. The molecule has 3 heterocycles. The van der Waals surface area contributed by atoms with Crippen molar-refractivity contribution in [1.29, 1.82) is 0 Å². The van der Waals surface area contributed by atoms with Crippen LogP contribution >= 0.6 is 11.3 Å². The number of hydrogen-bond acceptors (Lipinski definition) is 4. The molecule has 3 aromatic heterocycles. The molecule has 0 aliphatic carbocycles. The molecule has 4 aromatic rings. The molecule has 0 saturated heterocycles. The van der Waals surface area contributed by atoms with E-state index in [1.165, 1.54) is 11.3 Å². The molecule has 0 bridgehead atoms. The minimum absolute atomic E-state index is 0.0846. The standard InChI is InChI=1S/C21H20N4OS/c22-13-18(14-4-2-1-3-5-14)25-21(26)19-16(8-11-27-19)12-15-6-9-23-20-17(15)7-10-24-20/h1-11,18H,12-13,22H2,(H,23,24)(H,25,26). The van der Waals surface area contributed by atoms with Crippen LogP contribution in [0.1, 0.15) is 32.4 Å². The molecule has 0 aliphatic heterocycles. The molecule has 27 heavy (non-hydrogen) atoms. The summed E-state index contributed by atoms with van der Waals surface area (Å²) >= 11 is 1.46. The predicted octanol–water partition coefficient (Wildman–Crippen LogP) is 3.65. The van der Waals surface area contributed by atoms with Gasteiger partial charge in [-0.3, -0.25) is 4.79 Å². The number of aromatic amines is 1. The first-order chi connectivity index (χ1) is 13.3. The predicted molar refractivity (Wildman–Crippen MR) is 109 cm³/mol. The van der Waals surface area contributed by atoms with Crippen molar-refractivity contribution >= 4 is 28.3 Å². The Hall–Kier alpha value is -2.96. The summed E-state index contributed by atoms with van der Waals surface area (Å²) in [5, 5.41) is 6.11. The van der Waals surface area contributed by atoms with Crippen LogP contribution in [0.15, 0.2) is 66.3 Å². The number of aromatic nitrogens is 2. The average Bonchev–Trinajstić information content (AvgIpc) is 3.36. The Morgan fingerprint density at radius 2 is 2.00 bits per heavy atom. The number of hydrogen-bond donors (Lipinski definition) is 3. The van der Waals surface area contributed by atoms with Crippen molar-refractivity contribution in [2.45, 2.75) is 12.5 Å². The lowest BCUT2D eigenvalue weighted by atomic mass is 10.0. The third-order valence-electron chi connectivity index (χ3n) is 4.63. The number of nitrogens with zero attached hydrogens (tertiary/aromatic N) is 1. The fraction of sp³-hybridized carbons (Fsp3) is 0.143. The number of rotatable bonds is 6. The molecule has 4 N–H and O–H groups in total. The van der Waals surface area contributed by atoms with E-state index < -0.39 is 0 Å². The van der Waals surface area contributed by atoms with Crippen molar-refractivity contribution in [3.63, 3.8) is 0 Å². The second-order valence-corrected chi connectivity index (χ2v) is 7.25. The zero-order valence-electron chi connectivity index (χ0n) is 14.7. The summed E-state index contributed by atoms with van der Waals surface area (Å²) in [6, 6.07) is 15.6. The van der Waals surface area contributed by atoms with Crippen LogP contribution in [0.5, 0.6) is 0 Å². The monoisotopic (exact) mass is 376 g/mol. The van der Waals surface area contributed by atoms with Crippen molar-refractivity contribution in [1.82, 2.24) is 15.3 Å². The maximum atomic E-state index is 12.9. The summed E-state index contributed by atoms with van der Waals surface area (Å²) in [7, 11) is 0. The van der Waals surface area contributed by atoms with Crippen molar-refractivity contribution < 1.29 is 4.79 Å². The van der Waals surface area contributed by atoms with Crippen LogP contribution in [0, 0.1) is 0 Å². The highest BCUT2D eigenvalue weighted by Gasteiger charge is 2.18. The summed E-state index contributed by atoms with van der Waals surface area (Å²) in [6.07, 6.45) is 4.36. The number of benzene rings is 1. The highest BCUT2D eigenvalue weighted by molar-refractivity contribution is 7.12. The van der Waals surface area contributed by atoms with Gasteiger partial charge in [-0.05, 0) is 46.7 Å². The van der Waals surface area contributed by atoms with Crippen LogP contribution in [-0.4, -0.2) is 22.4 Å². The molecule has 0 spiro atoms. The van der Waals surface area contributed by atoms with Crippen LogP contribution in [-0.2, 0) is 6.42 Å². The summed E-state index contributed by atoms with van der Waals surface area (Å²) < 4.78 is 0. The van der Waals surface area contributed by atoms with Gasteiger partial charge in [0.15, 0.2) is 0 Å². The molecule has 0 radical (unpaired) electrons. The van der Waals surface area contributed by atoms with E-state index in [4.69, 9.17) is 5.73 Å². The summed E-state index contributed by atoms with van der Waals surface area (Å²) in [5.74, 6) is -0.0846. The van der Waals surface area contributed by atoms with Gasteiger partial charge in [-0.1, -0.05) is 30.3 Å². The first-order valence-corrected chi connectivity index (χ1v) is 9.67. The van der Waals surface area contributed by atoms with E-state index in [0.29, 0.717) is 13.0 Å². The summed E-state index contributed by atoms with van der Waals surface area (Å²) in [6.45, 7) is 0.352. The molecule has 0 aliphatic rings. The zero-order valence-corrected chi connectivity index (χ0v) is 15.5. The van der Waals surface area contributed by atoms with Crippen molar-refractivity contribution in [2.24, 2.45) is 5.73 Å². The fourth-order valence-electron chi connectivity index (χ4n) is 3.24. The van der Waals surface area contributed by atoms with Gasteiger partial charge in [0, 0.05) is 24.3 Å². The van der Waals surface area contributed by atoms with E-state index in [0.717, 1.165) is 32.6 Å². The molecule has 0 fully saturated rings. The van der Waals surface area contributed by atoms with Crippen molar-refractivity contribution in [3.05, 3.63) is 87.9 Å². The van der Waals surface area contributed by atoms with Gasteiger partial charge in [-0.2, -0.15) is 0 Å². The molecule has 136 valence electrons. The number of carbonyl (C=O) groups excluding carboxylic acids is 1. The zero-order chi connectivity index (χ0) is 18.6. The molecule has 1 atom stereocenters. The minimum atomic E-state index is -0.203. The second-order valence-electron chi connectivity index (χ2n) is 6.33. The maximum absolute atomic E-state index is 12.9. The number of amides is 1. The topological polar surface area (TPSA) is 83.8 Å². The molecular formula is C21H20N4OS. The fourth-order valence-corrected chi connectivity index (χ4v) is 4.06. The van der Waals surface area contributed by atoms with E-state index in [-0.39, 0.29) is 11.9 Å². The third kappa shape index (κ3) is 3.63. The second kappa shape index (κ2) is 7.73. The number of nitrogens with two attached hydrogens (primary N) is 1. The Balaban J connectivity index is 1.56. The molecule has 1 unspecified atom stereocenters. The number of pyridine rings is 1. The van der Waals surface area contributed by atoms with Crippen molar-refractivity contribution in [3.8, 4) is 0 Å². The smallest absolute Gasteiger partial charge is 0.262 e. The highest BCUT2D eigenvalue weighted by Crippen LogP contribution is 2.24. The molecule has 5 nitrogen and oxygen atoms in total. The minimum Gasteiger partial charge on any atom is -0.346 e. The van der Waals surface area contributed by atoms with E-state index in [2.05, 4.69) is 15.3 Å². The number of H-pyrrole nitrogens is 1. The molecular weight excluding hydrogens is 356 g/mol. The van der Waals surface area contributed by atoms with Gasteiger partial charge in [0.1, 0.15) is 5.65 Å². The van der Waals surface area contributed by atoms with Gasteiger partial charge in [-0.25, -0.2) is 4.98 Å². The quantitative estimate of drug-likeness (QED) is 0.480. The van der Waals surface area contributed by atoms with Crippen LogP contribution in [0.3, 0.4) is 0 Å². The number of nitrogens with one attached hydrogen (secondary N) is 2. The number of thiophene rings is 1. The number of fused-ring (bicyclic) bond motifs is 1. The third-order valence-corrected chi connectivity index (χ3v) is 5.58. The number of carbonyl (C=O) groups is 1. The lowest BCUT2D eigenvalue weighted by Crippen LogP contribution is -2.33. The molecule has 0 saturated carbocycles. The Morgan fingerprint density at radius 1 is 1.15 bits per heavy atom. The van der Waals surface area contributed by atoms with Gasteiger partial charge < -0.3 is 16.0 Å². The van der Waals surface area contributed by atoms with Crippen LogP contribution in [0.4, 0.5) is 0 Å². The van der Waals surface area contributed by atoms with Crippen molar-refractivity contribution in [2.75, 3.05) is 6.54 Å². The first kappa shape index (κ1) is 17.5. The molecule has 6 heteroatoms. The average molecular weight is 376 g/mol. The maximum Gasteiger partial charge on any atom is 0.262 e. The highest BCUT2D eigenvalue weighted by atomic mass is 32.1. The van der Waals surface area contributed by atoms with Gasteiger partial charge in [0.2, 0.25) is 0 Å². The normalized spacial score (nSPS) is 12.2. The van der Waals surface area contributed by atoms with E-state index in [1.54, 1.807) is 6.20 Å². The van der Waals surface area contributed by atoms with Gasteiger partial charge in [-0.15, -0.1) is 11.3 Å². The SMILES string of the molecule is NCC(NC(=O)c1sccc1Cc1ccnc2[nH]ccc12)c1ccccc1. The van der Waals surface area contributed by atoms with Crippen LogP contribution in [0.2, 0.25) is 0 Å². The van der Waals surface area contributed by atoms with Gasteiger partial charge >= 0.3 is 0 Å². The van der Waals surface area contributed by atoms with Gasteiger partial charge in [0.25, 0.3) is 5.91 Å². The molecule has 4 rings (SSSR count). The largest absolute Gasteiger partial charge is 0.346 e. The van der Waals surface area contributed by atoms with E-state index >= 15 is 0 Å². The van der Waals surface area contributed by atoms with Gasteiger partial charge in [0.05, 0.1) is 10.9 Å². The van der Waals surface area contributed by atoms with E-state index in [1.807, 2.05) is 60.1 Å². The Bertz CT molecular complexity index is 1050. The van der Waals surface area contributed by atoms with E-state index in [9.17, 15) is 4.79 Å². The van der Waals surface area contributed by atoms with Crippen LogP contribution < -0.4 is 11.1 Å². The lowest BCUT2D eigenvalue weighted by Gasteiger charge is -2.17. The van der Waals surface area contributed by atoms with Crippen LogP contribution in [0.25, 0.3) is 11.0 Å². The molecule has 1 aromatic carbocycles. The molecule has 1 amide bonds. The Labute approximate surface area is 161 Å². The Kier molecular flexibility index (Phi) is 5.00. The summed E-state index contributed by atoms with van der Waals surface area (Å²) in [4.78, 5) is 21.1. The Morgan fingerprint density at radius 3 is 2.81 bits per heavy atom.